The number of hydrogen-bond donors (Lipinski definition) is 1. The van der Waals surface area contributed by atoms with Gasteiger partial charge in [0.15, 0.2) is 11.5 Å². The summed E-state index contributed by atoms with van der Waals surface area (Å²) in [5.41, 5.74) is 3.31. The Morgan fingerprint density at radius 3 is 2.81 bits per heavy atom. The van der Waals surface area contributed by atoms with Crippen molar-refractivity contribution in [1.29, 1.82) is 0 Å². The summed E-state index contributed by atoms with van der Waals surface area (Å²) in [6.07, 6.45) is 1.30. The highest BCUT2D eigenvalue weighted by Gasteiger charge is 2.34. The molecular formula is C20H21FN2O4. The Morgan fingerprint density at radius 1 is 1.33 bits per heavy atom. The van der Waals surface area contributed by atoms with Crippen molar-refractivity contribution in [3.8, 4) is 17.2 Å². The summed E-state index contributed by atoms with van der Waals surface area (Å²) < 4.78 is 30.1. The molecule has 0 aliphatic carbocycles. The molecule has 2 aliphatic rings. The van der Waals surface area contributed by atoms with Crippen LogP contribution in [-0.4, -0.2) is 43.3 Å². The van der Waals surface area contributed by atoms with Crippen molar-refractivity contribution in [2.24, 2.45) is 5.16 Å². The molecule has 1 atom stereocenters. The van der Waals surface area contributed by atoms with Gasteiger partial charge in [0.05, 0.1) is 12.8 Å². The van der Waals surface area contributed by atoms with E-state index in [0.29, 0.717) is 34.9 Å². The van der Waals surface area contributed by atoms with Gasteiger partial charge in [0.2, 0.25) is 12.5 Å². The van der Waals surface area contributed by atoms with E-state index in [-0.39, 0.29) is 18.7 Å². The van der Waals surface area contributed by atoms with Crippen LogP contribution in [0.4, 0.5) is 4.39 Å². The van der Waals surface area contributed by atoms with Crippen molar-refractivity contribution in [3.05, 3.63) is 52.8 Å². The molecule has 0 unspecified atom stereocenters. The van der Waals surface area contributed by atoms with Gasteiger partial charge in [-0.2, -0.15) is 0 Å². The third kappa shape index (κ3) is 3.08. The average Bonchev–Trinajstić information content (AvgIpc) is 3.15. The maximum absolute atomic E-state index is 13.2. The van der Waals surface area contributed by atoms with Crippen molar-refractivity contribution in [3.63, 3.8) is 0 Å². The molecule has 2 aromatic carbocycles. The molecule has 27 heavy (non-hydrogen) atoms. The van der Waals surface area contributed by atoms with E-state index in [1.807, 2.05) is 13.1 Å². The van der Waals surface area contributed by atoms with Crippen LogP contribution in [0.2, 0.25) is 0 Å². The Bertz CT molecular complexity index is 883. The highest BCUT2D eigenvalue weighted by Crippen LogP contribution is 2.50. The van der Waals surface area contributed by atoms with Crippen LogP contribution in [0.3, 0.4) is 0 Å². The van der Waals surface area contributed by atoms with Gasteiger partial charge in [0, 0.05) is 24.6 Å². The summed E-state index contributed by atoms with van der Waals surface area (Å²) in [6.45, 7) is 1.02. The second kappa shape index (κ2) is 7.08. The molecule has 0 aromatic heterocycles. The van der Waals surface area contributed by atoms with Crippen LogP contribution in [0, 0.1) is 5.82 Å². The maximum Gasteiger partial charge on any atom is 0.231 e. The summed E-state index contributed by atoms with van der Waals surface area (Å²) in [6, 6.07) is 7.88. The minimum Gasteiger partial charge on any atom is -0.492 e. The predicted octanol–water partition coefficient (Wildman–Crippen LogP) is 3.36. The molecule has 0 saturated heterocycles. The molecule has 0 amide bonds. The summed E-state index contributed by atoms with van der Waals surface area (Å²) in [5, 5.41) is 13.1. The van der Waals surface area contributed by atoms with Crippen LogP contribution in [-0.2, 0) is 6.42 Å². The fourth-order valence-electron chi connectivity index (χ4n) is 3.82. The SMILES string of the molecule is COc1c2c(cc3c1[C@@H](CC(=NO)c1ccc(F)cc1)N(C)CC3)OCO2. The molecule has 0 spiro atoms. The normalized spacial score (nSPS) is 19.1. The van der Waals surface area contributed by atoms with Gasteiger partial charge in [-0.15, -0.1) is 0 Å². The largest absolute Gasteiger partial charge is 0.492 e. The van der Waals surface area contributed by atoms with Gasteiger partial charge < -0.3 is 19.4 Å². The molecule has 2 heterocycles. The third-order valence-corrected chi connectivity index (χ3v) is 5.23. The molecule has 0 bridgehead atoms. The smallest absolute Gasteiger partial charge is 0.231 e. The first-order valence-electron chi connectivity index (χ1n) is 8.78. The van der Waals surface area contributed by atoms with Crippen LogP contribution >= 0.6 is 0 Å². The Morgan fingerprint density at radius 2 is 2.11 bits per heavy atom. The van der Waals surface area contributed by atoms with Crippen LogP contribution < -0.4 is 14.2 Å². The molecule has 2 aromatic rings. The lowest BCUT2D eigenvalue weighted by molar-refractivity contribution is 0.170. The number of ether oxygens (including phenoxy) is 3. The van der Waals surface area contributed by atoms with E-state index in [9.17, 15) is 9.60 Å². The molecular weight excluding hydrogens is 351 g/mol. The molecule has 2 aliphatic heterocycles. The lowest BCUT2D eigenvalue weighted by atomic mass is 9.87. The zero-order valence-electron chi connectivity index (χ0n) is 15.2. The van der Waals surface area contributed by atoms with Crippen LogP contribution in [0.15, 0.2) is 35.5 Å². The van der Waals surface area contributed by atoms with Crippen LogP contribution in [0.1, 0.15) is 29.2 Å². The monoisotopic (exact) mass is 372 g/mol. The summed E-state index contributed by atoms with van der Waals surface area (Å²) >= 11 is 0. The zero-order valence-corrected chi connectivity index (χ0v) is 15.2. The number of halogens is 1. The first kappa shape index (κ1) is 17.6. The molecule has 0 radical (unpaired) electrons. The number of likely N-dealkylation sites (N-methyl/N-ethyl adjacent to an activating group) is 1. The summed E-state index contributed by atoms with van der Waals surface area (Å²) in [7, 11) is 3.64. The van der Waals surface area contributed by atoms with E-state index in [2.05, 4.69) is 10.1 Å². The molecule has 6 nitrogen and oxygen atoms in total. The lowest BCUT2D eigenvalue weighted by Gasteiger charge is -2.36. The number of hydrogen-bond acceptors (Lipinski definition) is 6. The van der Waals surface area contributed by atoms with Gasteiger partial charge in [0.25, 0.3) is 0 Å². The first-order valence-corrected chi connectivity index (χ1v) is 8.78. The fourth-order valence-corrected chi connectivity index (χ4v) is 3.82. The Balaban J connectivity index is 1.75. The van der Waals surface area contributed by atoms with E-state index in [0.717, 1.165) is 24.1 Å². The fraction of sp³-hybridized carbons (Fsp3) is 0.350. The second-order valence-corrected chi connectivity index (χ2v) is 6.72. The highest BCUT2D eigenvalue weighted by atomic mass is 19.1. The third-order valence-electron chi connectivity index (χ3n) is 5.23. The Labute approximate surface area is 156 Å². The summed E-state index contributed by atoms with van der Waals surface area (Å²) in [4.78, 5) is 2.20. The topological polar surface area (TPSA) is 63.5 Å². The number of benzene rings is 2. The molecule has 0 fully saturated rings. The van der Waals surface area contributed by atoms with E-state index < -0.39 is 0 Å². The predicted molar refractivity (Wildman–Crippen MR) is 97.5 cm³/mol. The second-order valence-electron chi connectivity index (χ2n) is 6.72. The minimum atomic E-state index is -0.328. The van der Waals surface area contributed by atoms with Gasteiger partial charge in [-0.3, -0.25) is 4.90 Å². The molecule has 142 valence electrons. The summed E-state index contributed by atoms with van der Waals surface area (Å²) in [5.74, 6) is 1.64. The molecule has 7 heteroatoms. The number of oxime groups is 1. The minimum absolute atomic E-state index is 0.0749. The van der Waals surface area contributed by atoms with E-state index in [1.165, 1.54) is 12.1 Å². The van der Waals surface area contributed by atoms with Crippen molar-refractivity contribution < 1.29 is 23.8 Å². The van der Waals surface area contributed by atoms with E-state index in [1.54, 1.807) is 19.2 Å². The van der Waals surface area contributed by atoms with Gasteiger partial charge in [-0.1, -0.05) is 17.3 Å². The Kier molecular flexibility index (Phi) is 4.61. The quantitative estimate of drug-likeness (QED) is 0.507. The van der Waals surface area contributed by atoms with Gasteiger partial charge in [-0.05, 0) is 42.8 Å². The molecule has 1 N–H and O–H groups in total. The lowest BCUT2D eigenvalue weighted by Crippen LogP contribution is -2.34. The van der Waals surface area contributed by atoms with E-state index >= 15 is 0 Å². The van der Waals surface area contributed by atoms with Crippen molar-refractivity contribution in [1.82, 2.24) is 4.90 Å². The van der Waals surface area contributed by atoms with Gasteiger partial charge in [-0.25, -0.2) is 4.39 Å². The number of nitrogens with zero attached hydrogens (tertiary/aromatic N) is 2. The standard InChI is InChI=1S/C20H21FN2O4/c1-23-8-7-13-9-17-19(27-11-26-17)20(25-2)18(13)16(23)10-15(22-24)12-3-5-14(21)6-4-12/h3-6,9,16,24H,7-8,10-11H2,1-2H3/t16-/m1/s1. The van der Waals surface area contributed by atoms with Gasteiger partial charge in [0.1, 0.15) is 5.82 Å². The van der Waals surface area contributed by atoms with Crippen molar-refractivity contribution in [2.45, 2.75) is 18.9 Å². The maximum atomic E-state index is 13.2. The van der Waals surface area contributed by atoms with Gasteiger partial charge >= 0.3 is 0 Å². The van der Waals surface area contributed by atoms with Crippen molar-refractivity contribution in [2.75, 3.05) is 27.5 Å². The van der Waals surface area contributed by atoms with Crippen molar-refractivity contribution >= 4 is 5.71 Å². The first-order chi connectivity index (χ1) is 13.1. The number of fused-ring (bicyclic) bond motifs is 2. The zero-order chi connectivity index (χ0) is 19.0. The molecule has 4 rings (SSSR count). The van der Waals surface area contributed by atoms with Crippen LogP contribution in [0.5, 0.6) is 17.2 Å². The average molecular weight is 372 g/mol. The molecule has 0 saturated carbocycles. The highest BCUT2D eigenvalue weighted by molar-refractivity contribution is 6.00. The number of rotatable bonds is 4. The van der Waals surface area contributed by atoms with Crippen LogP contribution in [0.25, 0.3) is 0 Å². The number of methoxy groups -OCH3 is 1. The van der Waals surface area contributed by atoms with E-state index in [4.69, 9.17) is 14.2 Å². The Hall–Kier alpha value is -2.80.